The quantitative estimate of drug-likeness (QED) is 0.849. The Labute approximate surface area is 114 Å². The van der Waals surface area contributed by atoms with Crippen LogP contribution in [0.4, 0.5) is 0 Å². The highest BCUT2D eigenvalue weighted by Gasteiger charge is 2.18. The third-order valence-electron chi connectivity index (χ3n) is 2.72. The summed E-state index contributed by atoms with van der Waals surface area (Å²) in [6.45, 7) is 3.66. The molecule has 0 bridgehead atoms. The minimum absolute atomic E-state index is 0.147. The van der Waals surface area contributed by atoms with Crippen molar-refractivity contribution in [1.82, 2.24) is 15.0 Å². The number of esters is 1. The van der Waals surface area contributed by atoms with Gasteiger partial charge < -0.3 is 9.84 Å². The van der Waals surface area contributed by atoms with Gasteiger partial charge in [-0.3, -0.25) is 0 Å². The number of carboxylic acids is 1. The van der Waals surface area contributed by atoms with Gasteiger partial charge >= 0.3 is 11.9 Å². The van der Waals surface area contributed by atoms with Gasteiger partial charge in [0.15, 0.2) is 5.69 Å². The minimum Gasteiger partial charge on any atom is -0.478 e. The van der Waals surface area contributed by atoms with Crippen molar-refractivity contribution in [1.29, 1.82) is 0 Å². The van der Waals surface area contributed by atoms with Crippen molar-refractivity contribution in [3.63, 3.8) is 0 Å². The number of ether oxygens (including phenoxy) is 1. The largest absolute Gasteiger partial charge is 0.478 e. The highest BCUT2D eigenvalue weighted by Crippen LogP contribution is 2.14. The fourth-order valence-corrected chi connectivity index (χ4v) is 1.71. The van der Waals surface area contributed by atoms with Crippen LogP contribution in [0.5, 0.6) is 0 Å². The Hall–Kier alpha value is -2.70. The van der Waals surface area contributed by atoms with E-state index >= 15 is 0 Å². The summed E-state index contributed by atoms with van der Waals surface area (Å²) >= 11 is 0. The molecule has 20 heavy (non-hydrogen) atoms. The number of hydrogen-bond donors (Lipinski definition) is 1. The summed E-state index contributed by atoms with van der Waals surface area (Å²) in [6, 6.07) is 6.12. The molecule has 0 aliphatic carbocycles. The summed E-state index contributed by atoms with van der Waals surface area (Å²) in [4.78, 5) is 22.4. The fourth-order valence-electron chi connectivity index (χ4n) is 1.71. The van der Waals surface area contributed by atoms with Gasteiger partial charge in [0.05, 0.1) is 23.6 Å². The van der Waals surface area contributed by atoms with Gasteiger partial charge in [0, 0.05) is 0 Å². The molecular weight excluding hydrogens is 262 g/mol. The molecule has 7 heteroatoms. The summed E-state index contributed by atoms with van der Waals surface area (Å²) in [5, 5.41) is 16.5. The van der Waals surface area contributed by atoms with Crippen LogP contribution in [-0.4, -0.2) is 38.6 Å². The molecule has 104 valence electrons. The Balaban J connectivity index is 2.34. The molecule has 2 rings (SSSR count). The molecule has 1 heterocycles. The maximum atomic E-state index is 11.6. The average molecular weight is 275 g/mol. The average Bonchev–Trinajstić information content (AvgIpc) is 2.81. The lowest BCUT2D eigenvalue weighted by molar-refractivity contribution is 0.0518. The maximum Gasteiger partial charge on any atom is 0.360 e. The Morgan fingerprint density at radius 2 is 1.95 bits per heavy atom. The van der Waals surface area contributed by atoms with E-state index < -0.39 is 11.9 Å². The topological polar surface area (TPSA) is 94.3 Å². The Kier molecular flexibility index (Phi) is 3.79. The zero-order chi connectivity index (χ0) is 14.7. The Morgan fingerprint density at radius 1 is 1.30 bits per heavy atom. The molecule has 1 aromatic carbocycles. The zero-order valence-electron chi connectivity index (χ0n) is 11.0. The van der Waals surface area contributed by atoms with E-state index in [0.717, 1.165) is 0 Å². The molecule has 0 fully saturated rings. The standard InChI is InChI=1S/C13H13N3O4/c1-3-20-13(19)11-8(2)16(15-14-11)10-6-4-9(5-7-10)12(17)18/h4-7H,3H2,1-2H3,(H,17,18). The van der Waals surface area contributed by atoms with E-state index in [1.165, 1.54) is 16.8 Å². The molecule has 0 amide bonds. The van der Waals surface area contributed by atoms with Crippen molar-refractivity contribution < 1.29 is 19.4 Å². The lowest BCUT2D eigenvalue weighted by Gasteiger charge is -2.04. The SMILES string of the molecule is CCOC(=O)c1nnn(-c2ccc(C(=O)O)cc2)c1C. The number of nitrogens with zero attached hydrogens (tertiary/aromatic N) is 3. The van der Waals surface area contributed by atoms with E-state index in [-0.39, 0.29) is 17.9 Å². The molecule has 0 radical (unpaired) electrons. The normalized spacial score (nSPS) is 10.3. The summed E-state index contributed by atoms with van der Waals surface area (Å²) < 4.78 is 6.33. The van der Waals surface area contributed by atoms with Gasteiger partial charge in [-0.2, -0.15) is 0 Å². The monoisotopic (exact) mass is 275 g/mol. The van der Waals surface area contributed by atoms with Gasteiger partial charge in [0.1, 0.15) is 0 Å². The molecule has 0 aliphatic rings. The van der Waals surface area contributed by atoms with Gasteiger partial charge in [0.25, 0.3) is 0 Å². The summed E-state index contributed by atoms with van der Waals surface area (Å²) in [5.74, 6) is -1.53. The number of aromatic nitrogens is 3. The number of benzene rings is 1. The third kappa shape index (κ3) is 2.51. The van der Waals surface area contributed by atoms with Crippen LogP contribution in [0, 0.1) is 6.92 Å². The lowest BCUT2D eigenvalue weighted by Crippen LogP contribution is -2.08. The van der Waals surface area contributed by atoms with Gasteiger partial charge in [0.2, 0.25) is 0 Å². The first kappa shape index (κ1) is 13.7. The summed E-state index contributed by atoms with van der Waals surface area (Å²) in [6.07, 6.45) is 0. The number of carbonyl (C=O) groups excluding carboxylic acids is 1. The van der Waals surface area contributed by atoms with Crippen LogP contribution in [0.1, 0.15) is 33.5 Å². The van der Waals surface area contributed by atoms with Crippen LogP contribution in [0.2, 0.25) is 0 Å². The third-order valence-corrected chi connectivity index (χ3v) is 2.72. The molecule has 0 unspecified atom stereocenters. The van der Waals surface area contributed by atoms with Gasteiger partial charge in [-0.05, 0) is 38.1 Å². The van der Waals surface area contributed by atoms with Crippen LogP contribution < -0.4 is 0 Å². The molecule has 0 saturated heterocycles. The second-order valence-corrected chi connectivity index (χ2v) is 4.01. The predicted octanol–water partition coefficient (Wildman–Crippen LogP) is 1.45. The smallest absolute Gasteiger partial charge is 0.360 e. The van der Waals surface area contributed by atoms with Crippen LogP contribution in [0.15, 0.2) is 24.3 Å². The first-order valence-electron chi connectivity index (χ1n) is 5.97. The molecule has 0 aliphatic heterocycles. The van der Waals surface area contributed by atoms with Crippen LogP contribution >= 0.6 is 0 Å². The van der Waals surface area contributed by atoms with Crippen molar-refractivity contribution in [2.45, 2.75) is 13.8 Å². The predicted molar refractivity (Wildman–Crippen MR) is 69.0 cm³/mol. The van der Waals surface area contributed by atoms with Crippen LogP contribution in [0.25, 0.3) is 5.69 Å². The summed E-state index contributed by atoms with van der Waals surface area (Å²) in [7, 11) is 0. The van der Waals surface area contributed by atoms with Gasteiger partial charge in [-0.1, -0.05) is 5.21 Å². The molecule has 0 spiro atoms. The van der Waals surface area contributed by atoms with E-state index in [9.17, 15) is 9.59 Å². The van der Waals surface area contributed by atoms with E-state index in [0.29, 0.717) is 11.4 Å². The first-order chi connectivity index (χ1) is 9.54. The first-order valence-corrected chi connectivity index (χ1v) is 5.97. The number of rotatable bonds is 4. The molecular formula is C13H13N3O4. The van der Waals surface area contributed by atoms with Gasteiger partial charge in [-0.25, -0.2) is 14.3 Å². The highest BCUT2D eigenvalue weighted by atomic mass is 16.5. The zero-order valence-corrected chi connectivity index (χ0v) is 11.0. The highest BCUT2D eigenvalue weighted by molar-refractivity contribution is 5.89. The molecule has 1 N–H and O–H groups in total. The van der Waals surface area contributed by atoms with E-state index in [1.807, 2.05) is 0 Å². The van der Waals surface area contributed by atoms with Crippen molar-refractivity contribution in [3.05, 3.63) is 41.2 Å². The number of hydrogen-bond acceptors (Lipinski definition) is 5. The molecule has 2 aromatic rings. The van der Waals surface area contributed by atoms with Crippen molar-refractivity contribution in [3.8, 4) is 5.69 Å². The lowest BCUT2D eigenvalue weighted by atomic mass is 10.2. The number of carboxylic acid groups (broad SMARTS) is 1. The van der Waals surface area contributed by atoms with E-state index in [2.05, 4.69) is 10.3 Å². The second-order valence-electron chi connectivity index (χ2n) is 4.01. The van der Waals surface area contributed by atoms with E-state index in [4.69, 9.17) is 9.84 Å². The molecule has 0 saturated carbocycles. The molecule has 1 aromatic heterocycles. The van der Waals surface area contributed by atoms with Crippen molar-refractivity contribution in [2.24, 2.45) is 0 Å². The Morgan fingerprint density at radius 3 is 2.50 bits per heavy atom. The molecule has 7 nitrogen and oxygen atoms in total. The molecule has 0 atom stereocenters. The minimum atomic E-state index is -1.00. The number of aromatic carboxylic acids is 1. The fraction of sp³-hybridized carbons (Fsp3) is 0.231. The van der Waals surface area contributed by atoms with Crippen molar-refractivity contribution >= 4 is 11.9 Å². The van der Waals surface area contributed by atoms with Crippen LogP contribution in [-0.2, 0) is 4.74 Å². The summed E-state index contributed by atoms with van der Waals surface area (Å²) in [5.41, 5.74) is 1.48. The van der Waals surface area contributed by atoms with Gasteiger partial charge in [-0.15, -0.1) is 5.10 Å². The Bertz CT molecular complexity index is 646. The van der Waals surface area contributed by atoms with E-state index in [1.54, 1.807) is 26.0 Å². The number of carbonyl (C=O) groups is 2. The maximum absolute atomic E-state index is 11.6. The second kappa shape index (κ2) is 5.52. The van der Waals surface area contributed by atoms with Crippen LogP contribution in [0.3, 0.4) is 0 Å². The van der Waals surface area contributed by atoms with Crippen molar-refractivity contribution in [2.75, 3.05) is 6.61 Å².